The highest BCUT2D eigenvalue weighted by molar-refractivity contribution is 5.82. The number of amides is 1. The van der Waals surface area contributed by atoms with Gasteiger partial charge in [0, 0.05) is 11.0 Å². The maximum Gasteiger partial charge on any atom is 0.225 e. The van der Waals surface area contributed by atoms with Gasteiger partial charge in [0.2, 0.25) is 5.91 Å². The van der Waals surface area contributed by atoms with Gasteiger partial charge in [-0.05, 0) is 61.4 Å². The highest BCUT2D eigenvalue weighted by Crippen LogP contribution is 2.19. The number of hydrogen-bond donors (Lipinski definition) is 2. The molecule has 0 aromatic heterocycles. The van der Waals surface area contributed by atoms with Gasteiger partial charge in [-0.3, -0.25) is 4.79 Å². The zero-order valence-electron chi connectivity index (χ0n) is 16.4. The van der Waals surface area contributed by atoms with Gasteiger partial charge < -0.3 is 15.4 Å². The van der Waals surface area contributed by atoms with Crippen molar-refractivity contribution in [1.82, 2.24) is 10.6 Å². The molecule has 2 N–H and O–H groups in total. The van der Waals surface area contributed by atoms with Crippen LogP contribution in [-0.4, -0.2) is 35.7 Å². The molecule has 0 aliphatic carbocycles. The van der Waals surface area contributed by atoms with E-state index >= 15 is 0 Å². The van der Waals surface area contributed by atoms with Crippen LogP contribution in [0.1, 0.15) is 75.7 Å². The van der Waals surface area contributed by atoms with E-state index < -0.39 is 0 Å². The Kier molecular flexibility index (Phi) is 7.10. The van der Waals surface area contributed by atoms with E-state index in [1.807, 2.05) is 34.6 Å². The molecule has 0 unspecified atom stereocenters. The minimum atomic E-state index is -0.385. The quantitative estimate of drug-likeness (QED) is 0.756. The molecular formula is C18H38N2O2. The number of nitrogens with one attached hydrogen (secondary N) is 2. The third-order valence-corrected chi connectivity index (χ3v) is 3.34. The fraction of sp³-hybridized carbons (Fsp3) is 0.944. The second-order valence-corrected chi connectivity index (χ2v) is 9.56. The minimum absolute atomic E-state index is 0.0494. The van der Waals surface area contributed by atoms with Gasteiger partial charge in [-0.25, -0.2) is 0 Å². The highest BCUT2D eigenvalue weighted by atomic mass is 16.5. The lowest BCUT2D eigenvalue weighted by Gasteiger charge is -2.35. The molecule has 4 heteroatoms. The summed E-state index contributed by atoms with van der Waals surface area (Å²) in [6.45, 7) is 21.8. The third kappa shape index (κ3) is 10.2. The summed E-state index contributed by atoms with van der Waals surface area (Å²) in [5, 5.41) is 6.55. The van der Waals surface area contributed by atoms with Crippen LogP contribution < -0.4 is 10.6 Å². The van der Waals surface area contributed by atoms with Crippen molar-refractivity contribution in [2.75, 3.05) is 13.2 Å². The summed E-state index contributed by atoms with van der Waals surface area (Å²) in [4.78, 5) is 12.1. The molecule has 0 bridgehead atoms. The lowest BCUT2D eigenvalue weighted by molar-refractivity contribution is -0.132. The van der Waals surface area contributed by atoms with Crippen LogP contribution >= 0.6 is 0 Å². The molecule has 22 heavy (non-hydrogen) atoms. The van der Waals surface area contributed by atoms with E-state index in [0.29, 0.717) is 6.61 Å². The zero-order valence-corrected chi connectivity index (χ0v) is 16.4. The molecule has 132 valence electrons. The molecule has 0 aromatic carbocycles. The molecule has 0 heterocycles. The van der Waals surface area contributed by atoms with Gasteiger partial charge in [0.25, 0.3) is 0 Å². The van der Waals surface area contributed by atoms with Gasteiger partial charge in [0.05, 0.1) is 17.7 Å². The summed E-state index contributed by atoms with van der Waals surface area (Å²) in [5.41, 5.74) is -0.861. The van der Waals surface area contributed by atoms with Crippen molar-refractivity contribution in [2.45, 2.75) is 92.3 Å². The number of carbonyl (C=O) groups is 1. The lowest BCUT2D eigenvalue weighted by atomic mass is 9.93. The Hall–Kier alpha value is -0.610. The van der Waals surface area contributed by atoms with Crippen molar-refractivity contribution in [1.29, 1.82) is 0 Å². The average molecular weight is 315 g/mol. The molecule has 0 fully saturated rings. The topological polar surface area (TPSA) is 50.4 Å². The second-order valence-electron chi connectivity index (χ2n) is 9.56. The van der Waals surface area contributed by atoms with Crippen LogP contribution in [0.25, 0.3) is 0 Å². The van der Waals surface area contributed by atoms with E-state index in [-0.39, 0.29) is 28.0 Å². The molecule has 0 rings (SSSR count). The van der Waals surface area contributed by atoms with Gasteiger partial charge in [0.15, 0.2) is 0 Å². The lowest BCUT2D eigenvalue weighted by Crippen LogP contribution is -2.52. The Morgan fingerprint density at radius 1 is 0.909 bits per heavy atom. The van der Waals surface area contributed by atoms with Crippen molar-refractivity contribution in [3.63, 3.8) is 0 Å². The first-order chi connectivity index (χ1) is 9.54. The first-order valence-corrected chi connectivity index (χ1v) is 8.26. The Bertz CT molecular complexity index is 360. The van der Waals surface area contributed by atoms with Gasteiger partial charge >= 0.3 is 0 Å². The Balaban J connectivity index is 4.36. The van der Waals surface area contributed by atoms with Crippen molar-refractivity contribution in [3.8, 4) is 0 Å². The Morgan fingerprint density at radius 2 is 1.41 bits per heavy atom. The monoisotopic (exact) mass is 314 g/mol. The molecular weight excluding hydrogens is 276 g/mol. The van der Waals surface area contributed by atoms with E-state index in [1.165, 1.54) is 0 Å². The summed E-state index contributed by atoms with van der Waals surface area (Å²) in [5.74, 6) is 0.0494. The molecule has 0 aliphatic rings. The molecule has 0 aliphatic heterocycles. The standard InChI is InChI=1S/C18H38N2O2/c1-15(2,3)14(21)20-17(7,8)13-22-18(9,10)11-12-19-16(4,5)6/h19H,11-13H2,1-10H3,(H,20,21). The minimum Gasteiger partial charge on any atom is -0.373 e. The van der Waals surface area contributed by atoms with Crippen LogP contribution in [0.15, 0.2) is 0 Å². The van der Waals surface area contributed by atoms with Gasteiger partial charge in [-0.15, -0.1) is 0 Å². The van der Waals surface area contributed by atoms with E-state index in [9.17, 15) is 4.79 Å². The third-order valence-electron chi connectivity index (χ3n) is 3.34. The summed E-state index contributed by atoms with van der Waals surface area (Å²) in [7, 11) is 0. The normalized spacial score (nSPS) is 14.1. The fourth-order valence-corrected chi connectivity index (χ4v) is 1.72. The fourth-order valence-electron chi connectivity index (χ4n) is 1.72. The van der Waals surface area contributed by atoms with Crippen molar-refractivity contribution in [2.24, 2.45) is 5.41 Å². The smallest absolute Gasteiger partial charge is 0.225 e. The summed E-state index contributed by atoms with van der Waals surface area (Å²) in [6.07, 6.45) is 0.924. The molecule has 0 radical (unpaired) electrons. The van der Waals surface area contributed by atoms with Crippen LogP contribution in [0.5, 0.6) is 0 Å². The Morgan fingerprint density at radius 3 is 1.82 bits per heavy atom. The molecule has 0 saturated heterocycles. The first-order valence-electron chi connectivity index (χ1n) is 8.26. The summed E-state index contributed by atoms with van der Waals surface area (Å²) in [6, 6.07) is 0. The average Bonchev–Trinajstić information content (AvgIpc) is 2.22. The van der Waals surface area contributed by atoms with Crippen LogP contribution in [0.3, 0.4) is 0 Å². The number of ether oxygens (including phenoxy) is 1. The van der Waals surface area contributed by atoms with Crippen LogP contribution in [-0.2, 0) is 9.53 Å². The number of hydrogen-bond acceptors (Lipinski definition) is 3. The highest BCUT2D eigenvalue weighted by Gasteiger charge is 2.30. The van der Waals surface area contributed by atoms with Crippen LogP contribution in [0.2, 0.25) is 0 Å². The zero-order chi connectivity index (χ0) is 17.8. The van der Waals surface area contributed by atoms with Gasteiger partial charge in [0.1, 0.15) is 0 Å². The molecule has 0 atom stereocenters. The van der Waals surface area contributed by atoms with Crippen LogP contribution in [0.4, 0.5) is 0 Å². The molecule has 0 aromatic rings. The predicted molar refractivity (Wildman–Crippen MR) is 94.1 cm³/mol. The Labute approximate surface area is 137 Å². The first kappa shape index (κ1) is 21.4. The van der Waals surface area contributed by atoms with Crippen molar-refractivity contribution >= 4 is 5.91 Å². The van der Waals surface area contributed by atoms with Crippen molar-refractivity contribution in [3.05, 3.63) is 0 Å². The summed E-state index contributed by atoms with van der Waals surface area (Å²) < 4.78 is 6.07. The molecule has 4 nitrogen and oxygen atoms in total. The predicted octanol–water partition coefficient (Wildman–Crippen LogP) is 3.50. The maximum absolute atomic E-state index is 12.1. The van der Waals surface area contributed by atoms with E-state index in [0.717, 1.165) is 13.0 Å². The van der Waals surface area contributed by atoms with Crippen molar-refractivity contribution < 1.29 is 9.53 Å². The van der Waals surface area contributed by atoms with E-state index in [2.05, 4.69) is 45.3 Å². The largest absolute Gasteiger partial charge is 0.373 e. The van der Waals surface area contributed by atoms with Crippen LogP contribution in [0, 0.1) is 5.41 Å². The summed E-state index contributed by atoms with van der Waals surface area (Å²) >= 11 is 0. The maximum atomic E-state index is 12.1. The van der Waals surface area contributed by atoms with E-state index in [1.54, 1.807) is 0 Å². The van der Waals surface area contributed by atoms with Gasteiger partial charge in [-0.1, -0.05) is 20.8 Å². The number of rotatable bonds is 7. The van der Waals surface area contributed by atoms with Gasteiger partial charge in [-0.2, -0.15) is 0 Å². The molecule has 1 amide bonds. The second kappa shape index (κ2) is 7.31. The van der Waals surface area contributed by atoms with E-state index in [4.69, 9.17) is 4.74 Å². The molecule has 0 saturated carbocycles. The number of carbonyl (C=O) groups excluding carboxylic acids is 1. The molecule has 0 spiro atoms. The SMILES string of the molecule is CC(C)(C)NCCC(C)(C)OCC(C)(C)NC(=O)C(C)(C)C.